The van der Waals surface area contributed by atoms with E-state index in [-0.39, 0.29) is 23.6 Å². The van der Waals surface area contributed by atoms with Crippen LogP contribution in [0.25, 0.3) is 0 Å². The molecule has 0 bridgehead atoms. The monoisotopic (exact) mass is 213 g/mol. The molecule has 0 unspecified atom stereocenters. The molecule has 0 saturated heterocycles. The van der Waals surface area contributed by atoms with E-state index in [4.69, 9.17) is 15.2 Å². The molecule has 1 aromatic carbocycles. The van der Waals surface area contributed by atoms with Crippen LogP contribution in [0, 0.1) is 5.82 Å². The van der Waals surface area contributed by atoms with Gasteiger partial charge in [0.1, 0.15) is 17.1 Å². The molecule has 4 nitrogen and oxygen atoms in total. The summed E-state index contributed by atoms with van der Waals surface area (Å²) >= 11 is 0. The first-order valence-electron chi connectivity index (χ1n) is 4.40. The smallest absolute Gasteiger partial charge is 0.342 e. The van der Waals surface area contributed by atoms with Crippen LogP contribution >= 0.6 is 0 Å². The summed E-state index contributed by atoms with van der Waals surface area (Å²) in [5.74, 6) is -1.10. The number of carbonyl (C=O) groups excluding carboxylic acids is 1. The van der Waals surface area contributed by atoms with Crippen molar-refractivity contribution >= 4 is 11.7 Å². The summed E-state index contributed by atoms with van der Waals surface area (Å²) in [5.41, 5.74) is 5.30. The molecule has 0 radical (unpaired) electrons. The van der Waals surface area contributed by atoms with Gasteiger partial charge in [-0.25, -0.2) is 9.18 Å². The van der Waals surface area contributed by atoms with Gasteiger partial charge in [0.15, 0.2) is 0 Å². The van der Waals surface area contributed by atoms with E-state index in [1.807, 2.05) is 0 Å². The van der Waals surface area contributed by atoms with Crippen molar-refractivity contribution in [2.24, 2.45) is 0 Å². The normalized spacial score (nSPS) is 9.80. The van der Waals surface area contributed by atoms with Crippen molar-refractivity contribution in [3.8, 4) is 5.75 Å². The maximum Gasteiger partial charge on any atom is 0.342 e. The van der Waals surface area contributed by atoms with Crippen molar-refractivity contribution < 1.29 is 18.7 Å². The molecule has 5 heteroatoms. The summed E-state index contributed by atoms with van der Waals surface area (Å²) in [6.45, 7) is 1.88. The lowest BCUT2D eigenvalue weighted by Gasteiger charge is -2.08. The van der Waals surface area contributed by atoms with E-state index in [1.54, 1.807) is 6.92 Å². The van der Waals surface area contributed by atoms with Gasteiger partial charge in [-0.3, -0.25) is 0 Å². The number of esters is 1. The van der Waals surface area contributed by atoms with Crippen molar-refractivity contribution in [3.05, 3.63) is 23.5 Å². The Morgan fingerprint density at radius 2 is 2.20 bits per heavy atom. The summed E-state index contributed by atoms with van der Waals surface area (Å²) in [5, 5.41) is 0. The largest absolute Gasteiger partial charge is 0.496 e. The fraction of sp³-hybridized carbons (Fsp3) is 0.300. The van der Waals surface area contributed by atoms with E-state index >= 15 is 0 Å². The fourth-order valence-corrected chi connectivity index (χ4v) is 1.11. The van der Waals surface area contributed by atoms with Crippen LogP contribution in [-0.4, -0.2) is 19.7 Å². The third kappa shape index (κ3) is 2.37. The molecule has 15 heavy (non-hydrogen) atoms. The number of nitrogen functional groups attached to an aromatic ring is 1. The standard InChI is InChI=1S/C10H12FNO3/c1-3-15-10(13)6-4-7(11)8(12)5-9(6)14-2/h4-5H,3,12H2,1-2H3. The van der Waals surface area contributed by atoms with Crippen molar-refractivity contribution in [1.82, 2.24) is 0 Å². The highest BCUT2D eigenvalue weighted by Crippen LogP contribution is 2.25. The van der Waals surface area contributed by atoms with E-state index < -0.39 is 11.8 Å². The van der Waals surface area contributed by atoms with Gasteiger partial charge in [0, 0.05) is 6.07 Å². The lowest BCUT2D eigenvalue weighted by Crippen LogP contribution is -2.08. The molecule has 1 rings (SSSR count). The lowest BCUT2D eigenvalue weighted by atomic mass is 10.1. The molecule has 0 spiro atoms. The Morgan fingerprint density at radius 1 is 1.53 bits per heavy atom. The van der Waals surface area contributed by atoms with Crippen molar-refractivity contribution in [2.45, 2.75) is 6.92 Å². The molecule has 0 aliphatic heterocycles. The van der Waals surface area contributed by atoms with Crippen LogP contribution in [0.5, 0.6) is 5.75 Å². The zero-order chi connectivity index (χ0) is 11.4. The fourth-order valence-electron chi connectivity index (χ4n) is 1.11. The Kier molecular flexibility index (Phi) is 3.49. The molecule has 0 saturated carbocycles. The number of nitrogens with two attached hydrogens (primary N) is 1. The van der Waals surface area contributed by atoms with Crippen molar-refractivity contribution in [3.63, 3.8) is 0 Å². The Morgan fingerprint density at radius 3 is 2.73 bits per heavy atom. The number of carbonyl (C=O) groups is 1. The number of benzene rings is 1. The molecule has 0 atom stereocenters. The average Bonchev–Trinajstić information content (AvgIpc) is 2.21. The Labute approximate surface area is 86.8 Å². The first-order valence-corrected chi connectivity index (χ1v) is 4.40. The summed E-state index contributed by atoms with van der Waals surface area (Å²) in [7, 11) is 1.37. The SMILES string of the molecule is CCOC(=O)c1cc(F)c(N)cc1OC. The summed E-state index contributed by atoms with van der Waals surface area (Å²) in [6.07, 6.45) is 0. The van der Waals surface area contributed by atoms with Crippen molar-refractivity contribution in [1.29, 1.82) is 0 Å². The van der Waals surface area contributed by atoms with Gasteiger partial charge in [-0.05, 0) is 13.0 Å². The lowest BCUT2D eigenvalue weighted by molar-refractivity contribution is 0.0522. The molecular formula is C10H12FNO3. The number of ether oxygens (including phenoxy) is 2. The molecule has 2 N–H and O–H groups in total. The second-order valence-corrected chi connectivity index (χ2v) is 2.79. The molecule has 1 aromatic rings. The molecule has 0 aliphatic carbocycles. The average molecular weight is 213 g/mol. The molecule has 0 aromatic heterocycles. The maximum absolute atomic E-state index is 13.1. The number of halogens is 1. The second kappa shape index (κ2) is 4.63. The minimum Gasteiger partial charge on any atom is -0.496 e. The van der Waals surface area contributed by atoms with E-state index in [0.717, 1.165) is 6.07 Å². The third-order valence-electron chi connectivity index (χ3n) is 1.81. The molecular weight excluding hydrogens is 201 g/mol. The van der Waals surface area contributed by atoms with Gasteiger partial charge in [0.2, 0.25) is 0 Å². The summed E-state index contributed by atoms with van der Waals surface area (Å²) in [6, 6.07) is 2.26. The highest BCUT2D eigenvalue weighted by Gasteiger charge is 2.16. The van der Waals surface area contributed by atoms with E-state index in [2.05, 4.69) is 0 Å². The highest BCUT2D eigenvalue weighted by molar-refractivity contribution is 5.93. The zero-order valence-corrected chi connectivity index (χ0v) is 8.54. The molecule has 0 aliphatic rings. The van der Waals surface area contributed by atoms with Crippen LogP contribution in [-0.2, 0) is 4.74 Å². The number of methoxy groups -OCH3 is 1. The molecule has 0 fully saturated rings. The Balaban J connectivity index is 3.15. The third-order valence-corrected chi connectivity index (χ3v) is 1.81. The summed E-state index contributed by atoms with van der Waals surface area (Å²) in [4.78, 5) is 11.4. The molecule has 82 valence electrons. The minimum absolute atomic E-state index is 0.0334. The van der Waals surface area contributed by atoms with Gasteiger partial charge in [-0.2, -0.15) is 0 Å². The topological polar surface area (TPSA) is 61.5 Å². The molecule has 0 heterocycles. The number of anilines is 1. The van der Waals surface area contributed by atoms with Gasteiger partial charge < -0.3 is 15.2 Å². The quantitative estimate of drug-likeness (QED) is 0.611. The van der Waals surface area contributed by atoms with E-state index in [1.165, 1.54) is 13.2 Å². The van der Waals surface area contributed by atoms with Crippen LogP contribution in [0.3, 0.4) is 0 Å². The number of hydrogen-bond acceptors (Lipinski definition) is 4. The maximum atomic E-state index is 13.1. The van der Waals surface area contributed by atoms with Crippen LogP contribution in [0.4, 0.5) is 10.1 Å². The van der Waals surface area contributed by atoms with Gasteiger partial charge in [-0.15, -0.1) is 0 Å². The van der Waals surface area contributed by atoms with Gasteiger partial charge in [0.25, 0.3) is 0 Å². The predicted octanol–water partition coefficient (Wildman–Crippen LogP) is 1.59. The van der Waals surface area contributed by atoms with Crippen LogP contribution in [0.15, 0.2) is 12.1 Å². The first kappa shape index (κ1) is 11.3. The van der Waals surface area contributed by atoms with Gasteiger partial charge in [-0.1, -0.05) is 0 Å². The van der Waals surface area contributed by atoms with E-state index in [9.17, 15) is 9.18 Å². The van der Waals surface area contributed by atoms with Crippen molar-refractivity contribution in [2.75, 3.05) is 19.5 Å². The van der Waals surface area contributed by atoms with Crippen LogP contribution in [0.1, 0.15) is 17.3 Å². The predicted molar refractivity (Wildman–Crippen MR) is 53.3 cm³/mol. The Hall–Kier alpha value is -1.78. The van der Waals surface area contributed by atoms with Crippen LogP contribution < -0.4 is 10.5 Å². The minimum atomic E-state index is -0.668. The highest BCUT2D eigenvalue weighted by atomic mass is 19.1. The second-order valence-electron chi connectivity index (χ2n) is 2.79. The number of hydrogen-bond donors (Lipinski definition) is 1. The van der Waals surface area contributed by atoms with Crippen LogP contribution in [0.2, 0.25) is 0 Å². The summed E-state index contributed by atoms with van der Waals surface area (Å²) < 4.78 is 22.7. The van der Waals surface area contributed by atoms with Gasteiger partial charge >= 0.3 is 5.97 Å². The first-order chi connectivity index (χ1) is 7.10. The van der Waals surface area contributed by atoms with E-state index in [0.29, 0.717) is 0 Å². The zero-order valence-electron chi connectivity index (χ0n) is 8.54. The Bertz CT molecular complexity index is 379. The molecule has 0 amide bonds. The van der Waals surface area contributed by atoms with Gasteiger partial charge in [0.05, 0.1) is 19.4 Å². The number of rotatable bonds is 3.